The SMILES string of the molecule is c1cc(-c2ccn[nH]2)cc(-c2nccc3occc23)c1. The number of fused-ring (bicyclic) bond motifs is 1. The molecule has 0 bridgehead atoms. The Hall–Kier alpha value is -2.88. The number of hydrogen-bond donors (Lipinski definition) is 1. The van der Waals surface area contributed by atoms with E-state index in [2.05, 4.69) is 27.3 Å². The highest BCUT2D eigenvalue weighted by atomic mass is 16.3. The molecule has 4 nitrogen and oxygen atoms in total. The van der Waals surface area contributed by atoms with Crippen LogP contribution in [0.3, 0.4) is 0 Å². The molecule has 1 N–H and O–H groups in total. The van der Waals surface area contributed by atoms with Crippen molar-refractivity contribution in [2.75, 3.05) is 0 Å². The molecule has 0 fully saturated rings. The molecule has 0 saturated carbocycles. The van der Waals surface area contributed by atoms with Crippen LogP contribution in [0.25, 0.3) is 33.5 Å². The van der Waals surface area contributed by atoms with Crippen LogP contribution in [0.4, 0.5) is 0 Å². The van der Waals surface area contributed by atoms with Crippen LogP contribution in [0.1, 0.15) is 0 Å². The minimum Gasteiger partial charge on any atom is -0.464 e. The van der Waals surface area contributed by atoms with Crippen LogP contribution in [-0.4, -0.2) is 15.2 Å². The van der Waals surface area contributed by atoms with Crippen molar-refractivity contribution in [3.05, 3.63) is 61.1 Å². The van der Waals surface area contributed by atoms with E-state index in [9.17, 15) is 0 Å². The van der Waals surface area contributed by atoms with Gasteiger partial charge in [-0.25, -0.2) is 0 Å². The molecule has 0 amide bonds. The molecule has 0 aliphatic carbocycles. The number of nitrogens with one attached hydrogen (secondary N) is 1. The lowest BCUT2D eigenvalue weighted by Crippen LogP contribution is -1.85. The van der Waals surface area contributed by atoms with Gasteiger partial charge in [-0.15, -0.1) is 0 Å². The van der Waals surface area contributed by atoms with Crippen LogP contribution >= 0.6 is 0 Å². The summed E-state index contributed by atoms with van der Waals surface area (Å²) in [5.74, 6) is 0. The first-order valence-electron chi connectivity index (χ1n) is 6.34. The average molecular weight is 261 g/mol. The van der Waals surface area contributed by atoms with E-state index in [1.54, 1.807) is 18.7 Å². The monoisotopic (exact) mass is 261 g/mol. The zero-order chi connectivity index (χ0) is 13.4. The first-order chi connectivity index (χ1) is 9.92. The van der Waals surface area contributed by atoms with Crippen molar-refractivity contribution in [3.63, 3.8) is 0 Å². The summed E-state index contributed by atoms with van der Waals surface area (Å²) in [6.07, 6.45) is 5.20. The Bertz CT molecular complexity index is 862. The predicted octanol–water partition coefficient (Wildman–Crippen LogP) is 3.88. The van der Waals surface area contributed by atoms with Crippen molar-refractivity contribution >= 4 is 11.0 Å². The van der Waals surface area contributed by atoms with Crippen molar-refractivity contribution in [2.24, 2.45) is 0 Å². The fourth-order valence-corrected chi connectivity index (χ4v) is 2.38. The Morgan fingerprint density at radius 3 is 2.80 bits per heavy atom. The summed E-state index contributed by atoms with van der Waals surface area (Å²) in [6, 6.07) is 14.0. The molecule has 96 valence electrons. The maximum Gasteiger partial charge on any atom is 0.137 e. The van der Waals surface area contributed by atoms with Gasteiger partial charge in [-0.2, -0.15) is 5.10 Å². The summed E-state index contributed by atoms with van der Waals surface area (Å²) < 4.78 is 5.43. The topological polar surface area (TPSA) is 54.7 Å². The Balaban J connectivity index is 1.91. The molecule has 1 aromatic carbocycles. The lowest BCUT2D eigenvalue weighted by atomic mass is 10.0. The zero-order valence-corrected chi connectivity index (χ0v) is 10.6. The molecular weight excluding hydrogens is 250 g/mol. The number of aromatic nitrogens is 3. The molecule has 0 radical (unpaired) electrons. The fraction of sp³-hybridized carbons (Fsp3) is 0. The summed E-state index contributed by atoms with van der Waals surface area (Å²) in [5, 5.41) is 7.98. The molecule has 0 atom stereocenters. The van der Waals surface area contributed by atoms with E-state index in [1.807, 2.05) is 30.3 Å². The summed E-state index contributed by atoms with van der Waals surface area (Å²) in [7, 11) is 0. The summed E-state index contributed by atoms with van der Waals surface area (Å²) in [6.45, 7) is 0. The van der Waals surface area contributed by atoms with Gasteiger partial charge in [0.1, 0.15) is 5.58 Å². The molecule has 0 aliphatic heterocycles. The normalized spacial score (nSPS) is 11.0. The maximum absolute atomic E-state index is 5.43. The van der Waals surface area contributed by atoms with Crippen molar-refractivity contribution in [1.29, 1.82) is 0 Å². The minimum atomic E-state index is 0.849. The van der Waals surface area contributed by atoms with Crippen LogP contribution < -0.4 is 0 Å². The third-order valence-electron chi connectivity index (χ3n) is 3.33. The van der Waals surface area contributed by atoms with Crippen molar-refractivity contribution in [3.8, 4) is 22.5 Å². The number of H-pyrrole nitrogens is 1. The number of aromatic amines is 1. The Morgan fingerprint density at radius 2 is 1.90 bits per heavy atom. The average Bonchev–Trinajstić information content (AvgIpc) is 3.18. The first kappa shape index (κ1) is 11.0. The minimum absolute atomic E-state index is 0.849. The predicted molar refractivity (Wildman–Crippen MR) is 77.0 cm³/mol. The number of nitrogens with zero attached hydrogens (tertiary/aromatic N) is 2. The highest BCUT2D eigenvalue weighted by molar-refractivity contribution is 5.92. The molecule has 4 rings (SSSR count). The third kappa shape index (κ3) is 1.70. The van der Waals surface area contributed by atoms with Crippen molar-refractivity contribution < 1.29 is 4.42 Å². The molecule has 0 spiro atoms. The van der Waals surface area contributed by atoms with E-state index in [1.165, 1.54) is 0 Å². The second kappa shape index (κ2) is 4.35. The largest absolute Gasteiger partial charge is 0.464 e. The fourth-order valence-electron chi connectivity index (χ4n) is 2.38. The van der Waals surface area contributed by atoms with Gasteiger partial charge in [0.05, 0.1) is 17.7 Å². The second-order valence-electron chi connectivity index (χ2n) is 4.54. The van der Waals surface area contributed by atoms with Gasteiger partial charge in [-0.1, -0.05) is 18.2 Å². The van der Waals surface area contributed by atoms with Crippen LogP contribution in [0, 0.1) is 0 Å². The molecule has 4 aromatic rings. The Morgan fingerprint density at radius 1 is 0.950 bits per heavy atom. The lowest BCUT2D eigenvalue weighted by molar-refractivity contribution is 0.615. The van der Waals surface area contributed by atoms with Crippen molar-refractivity contribution in [1.82, 2.24) is 15.2 Å². The Labute approximate surface area is 115 Å². The second-order valence-corrected chi connectivity index (χ2v) is 4.54. The number of furan rings is 1. The van der Waals surface area contributed by atoms with Gasteiger partial charge in [-0.05, 0) is 24.3 Å². The quantitative estimate of drug-likeness (QED) is 0.595. The molecule has 20 heavy (non-hydrogen) atoms. The summed E-state index contributed by atoms with van der Waals surface area (Å²) in [5.41, 5.74) is 4.91. The van der Waals surface area contributed by atoms with E-state index in [0.29, 0.717) is 0 Å². The van der Waals surface area contributed by atoms with Crippen LogP contribution in [0.2, 0.25) is 0 Å². The number of hydrogen-bond acceptors (Lipinski definition) is 3. The van der Waals surface area contributed by atoms with Crippen LogP contribution in [-0.2, 0) is 0 Å². The van der Waals surface area contributed by atoms with E-state index >= 15 is 0 Å². The highest BCUT2D eigenvalue weighted by Gasteiger charge is 2.08. The first-order valence-corrected chi connectivity index (χ1v) is 6.34. The summed E-state index contributed by atoms with van der Waals surface area (Å²) in [4.78, 5) is 4.49. The van der Waals surface area contributed by atoms with Crippen LogP contribution in [0.5, 0.6) is 0 Å². The maximum atomic E-state index is 5.43. The number of pyridine rings is 1. The third-order valence-corrected chi connectivity index (χ3v) is 3.33. The standard InChI is InChI=1S/C16H11N3O/c1-2-11(14-4-8-18-19-14)10-12(3-1)16-13-6-9-20-15(13)5-7-17-16/h1-10H,(H,18,19). The van der Waals surface area contributed by atoms with Gasteiger partial charge in [0.15, 0.2) is 0 Å². The molecule has 4 heteroatoms. The number of rotatable bonds is 2. The molecule has 0 saturated heterocycles. The lowest BCUT2D eigenvalue weighted by Gasteiger charge is -2.04. The van der Waals surface area contributed by atoms with Crippen molar-refractivity contribution in [2.45, 2.75) is 0 Å². The van der Waals surface area contributed by atoms with E-state index in [-0.39, 0.29) is 0 Å². The highest BCUT2D eigenvalue weighted by Crippen LogP contribution is 2.29. The van der Waals surface area contributed by atoms with Gasteiger partial charge in [0.25, 0.3) is 0 Å². The van der Waals surface area contributed by atoms with E-state index in [4.69, 9.17) is 4.42 Å². The Kier molecular flexibility index (Phi) is 2.39. The molecule has 3 heterocycles. The molecule has 3 aromatic heterocycles. The van der Waals surface area contributed by atoms with E-state index < -0.39 is 0 Å². The van der Waals surface area contributed by atoms with Gasteiger partial charge < -0.3 is 4.42 Å². The smallest absolute Gasteiger partial charge is 0.137 e. The molecule has 0 aliphatic rings. The zero-order valence-electron chi connectivity index (χ0n) is 10.6. The molecular formula is C16H11N3O. The van der Waals surface area contributed by atoms with Crippen LogP contribution in [0.15, 0.2) is 65.5 Å². The van der Waals surface area contributed by atoms with Gasteiger partial charge in [0, 0.05) is 28.9 Å². The molecule has 0 unspecified atom stereocenters. The van der Waals surface area contributed by atoms with Gasteiger partial charge in [0.2, 0.25) is 0 Å². The van der Waals surface area contributed by atoms with E-state index in [0.717, 1.165) is 33.5 Å². The number of benzene rings is 1. The summed E-state index contributed by atoms with van der Waals surface area (Å²) >= 11 is 0. The van der Waals surface area contributed by atoms with Gasteiger partial charge >= 0.3 is 0 Å². The van der Waals surface area contributed by atoms with Gasteiger partial charge in [-0.3, -0.25) is 10.1 Å².